The van der Waals surface area contributed by atoms with Crippen LogP contribution in [0, 0.1) is 13.8 Å². The maximum Gasteiger partial charge on any atom is 0.212 e. The van der Waals surface area contributed by atoms with Crippen LogP contribution in [0.2, 0.25) is 0 Å². The van der Waals surface area contributed by atoms with Gasteiger partial charge in [0.25, 0.3) is 0 Å². The molecule has 0 aliphatic heterocycles. The van der Waals surface area contributed by atoms with Crippen LogP contribution in [0.1, 0.15) is 68.2 Å². The SMILES string of the molecule is CCCCCCC[C@@H](Cl)c1nc(C)c(C)o1. The maximum atomic E-state index is 6.25. The highest BCUT2D eigenvalue weighted by atomic mass is 35.5. The lowest BCUT2D eigenvalue weighted by Gasteiger charge is -2.04. The number of rotatable bonds is 7. The number of alkyl halides is 1. The number of aromatic nitrogens is 1. The van der Waals surface area contributed by atoms with Gasteiger partial charge in [0.2, 0.25) is 5.89 Å². The predicted molar refractivity (Wildman–Crippen MR) is 67.9 cm³/mol. The Morgan fingerprint density at radius 2 is 1.88 bits per heavy atom. The molecule has 0 aromatic carbocycles. The van der Waals surface area contributed by atoms with Gasteiger partial charge in [-0.2, -0.15) is 0 Å². The number of halogens is 1. The van der Waals surface area contributed by atoms with Gasteiger partial charge < -0.3 is 4.42 Å². The Morgan fingerprint density at radius 3 is 2.44 bits per heavy atom. The monoisotopic (exact) mass is 243 g/mol. The number of unbranched alkanes of at least 4 members (excludes halogenated alkanes) is 4. The second-order valence-electron chi connectivity index (χ2n) is 4.36. The largest absolute Gasteiger partial charge is 0.444 e. The predicted octanol–water partition coefficient (Wildman–Crippen LogP) is 4.93. The first-order chi connectivity index (χ1) is 7.65. The van der Waals surface area contributed by atoms with Crippen molar-refractivity contribution in [3.63, 3.8) is 0 Å². The van der Waals surface area contributed by atoms with E-state index in [1.54, 1.807) is 0 Å². The van der Waals surface area contributed by atoms with Crippen LogP contribution in [0.3, 0.4) is 0 Å². The smallest absolute Gasteiger partial charge is 0.212 e. The molecule has 0 spiro atoms. The van der Waals surface area contributed by atoms with E-state index in [-0.39, 0.29) is 5.38 Å². The van der Waals surface area contributed by atoms with Gasteiger partial charge in [-0.1, -0.05) is 39.0 Å². The Labute approximate surface area is 103 Å². The topological polar surface area (TPSA) is 26.0 Å². The zero-order valence-corrected chi connectivity index (χ0v) is 11.3. The molecule has 1 aromatic rings. The third-order valence-corrected chi connectivity index (χ3v) is 3.28. The normalized spacial score (nSPS) is 13.0. The minimum atomic E-state index is -0.0611. The van der Waals surface area contributed by atoms with Crippen LogP contribution in [0.5, 0.6) is 0 Å². The van der Waals surface area contributed by atoms with Crippen molar-refractivity contribution in [2.24, 2.45) is 0 Å². The zero-order chi connectivity index (χ0) is 12.0. The Bertz CT molecular complexity index is 289. The van der Waals surface area contributed by atoms with E-state index in [0.29, 0.717) is 5.89 Å². The molecule has 1 rings (SSSR count). The molecule has 0 saturated heterocycles. The molecule has 0 saturated carbocycles. The summed E-state index contributed by atoms with van der Waals surface area (Å²) in [5, 5.41) is -0.0611. The lowest BCUT2D eigenvalue weighted by atomic mass is 10.1. The molecule has 92 valence electrons. The summed E-state index contributed by atoms with van der Waals surface area (Å²) in [5.74, 6) is 1.57. The first kappa shape index (κ1) is 13.6. The highest BCUT2D eigenvalue weighted by molar-refractivity contribution is 6.20. The van der Waals surface area contributed by atoms with Crippen molar-refractivity contribution in [2.75, 3.05) is 0 Å². The average Bonchev–Trinajstić information content (AvgIpc) is 2.59. The summed E-state index contributed by atoms with van der Waals surface area (Å²) in [4.78, 5) is 4.33. The van der Waals surface area contributed by atoms with Gasteiger partial charge in [-0.15, -0.1) is 11.6 Å². The molecule has 0 fully saturated rings. The summed E-state index contributed by atoms with van der Waals surface area (Å²) in [6.45, 7) is 6.10. The molecular formula is C13H22ClNO. The van der Waals surface area contributed by atoms with Crippen molar-refractivity contribution < 1.29 is 4.42 Å². The summed E-state index contributed by atoms with van der Waals surface area (Å²) < 4.78 is 5.51. The molecule has 0 aliphatic rings. The van der Waals surface area contributed by atoms with Crippen molar-refractivity contribution in [3.05, 3.63) is 17.3 Å². The van der Waals surface area contributed by atoms with Crippen LogP contribution in [0.15, 0.2) is 4.42 Å². The quantitative estimate of drug-likeness (QED) is 0.501. The first-order valence-corrected chi connectivity index (χ1v) is 6.66. The molecule has 0 unspecified atom stereocenters. The summed E-state index contributed by atoms with van der Waals surface area (Å²) in [5.41, 5.74) is 0.951. The molecule has 2 nitrogen and oxygen atoms in total. The third-order valence-electron chi connectivity index (χ3n) is 2.87. The minimum Gasteiger partial charge on any atom is -0.444 e. The Morgan fingerprint density at radius 1 is 1.19 bits per heavy atom. The van der Waals surface area contributed by atoms with E-state index < -0.39 is 0 Å². The highest BCUT2D eigenvalue weighted by Crippen LogP contribution is 2.27. The standard InChI is InChI=1S/C13H22ClNO/c1-4-5-6-7-8-9-12(14)13-15-10(2)11(3)16-13/h12H,4-9H2,1-3H3/t12-/m1/s1. The van der Waals surface area contributed by atoms with Crippen molar-refractivity contribution in [3.8, 4) is 0 Å². The second-order valence-corrected chi connectivity index (χ2v) is 4.89. The molecule has 1 atom stereocenters. The van der Waals surface area contributed by atoms with Crippen molar-refractivity contribution in [2.45, 2.75) is 64.7 Å². The summed E-state index contributed by atoms with van der Waals surface area (Å²) in [7, 11) is 0. The van der Waals surface area contributed by atoms with E-state index in [1.807, 2.05) is 13.8 Å². The van der Waals surface area contributed by atoms with Crippen LogP contribution in [-0.2, 0) is 0 Å². The van der Waals surface area contributed by atoms with Gasteiger partial charge in [-0.3, -0.25) is 0 Å². The molecule has 0 radical (unpaired) electrons. The fraction of sp³-hybridized carbons (Fsp3) is 0.769. The number of oxazole rings is 1. The molecule has 0 aliphatic carbocycles. The van der Waals surface area contributed by atoms with Gasteiger partial charge in [-0.05, 0) is 20.3 Å². The van der Waals surface area contributed by atoms with Gasteiger partial charge >= 0.3 is 0 Å². The summed E-state index contributed by atoms with van der Waals surface area (Å²) >= 11 is 6.25. The van der Waals surface area contributed by atoms with Crippen molar-refractivity contribution >= 4 is 11.6 Å². The number of hydrogen-bond donors (Lipinski definition) is 0. The van der Waals surface area contributed by atoms with Gasteiger partial charge in [0.15, 0.2) is 0 Å². The molecular weight excluding hydrogens is 222 g/mol. The van der Waals surface area contributed by atoms with Gasteiger partial charge in [0.1, 0.15) is 11.1 Å². The fourth-order valence-corrected chi connectivity index (χ4v) is 1.93. The van der Waals surface area contributed by atoms with Gasteiger partial charge in [-0.25, -0.2) is 4.98 Å². The van der Waals surface area contributed by atoms with Crippen LogP contribution < -0.4 is 0 Å². The lowest BCUT2D eigenvalue weighted by molar-refractivity contribution is 0.450. The number of aryl methyl sites for hydroxylation is 2. The van der Waals surface area contributed by atoms with Crippen LogP contribution in [0.4, 0.5) is 0 Å². The van der Waals surface area contributed by atoms with Gasteiger partial charge in [0, 0.05) is 0 Å². The Hall–Kier alpha value is -0.500. The maximum absolute atomic E-state index is 6.25. The van der Waals surface area contributed by atoms with E-state index in [2.05, 4.69) is 11.9 Å². The number of hydrogen-bond acceptors (Lipinski definition) is 2. The Kier molecular flexibility index (Phi) is 5.89. The third kappa shape index (κ3) is 4.17. The zero-order valence-electron chi connectivity index (χ0n) is 10.6. The van der Waals surface area contributed by atoms with E-state index in [0.717, 1.165) is 24.3 Å². The fourth-order valence-electron chi connectivity index (χ4n) is 1.68. The van der Waals surface area contributed by atoms with Crippen LogP contribution in [0.25, 0.3) is 0 Å². The molecule has 0 N–H and O–H groups in total. The lowest BCUT2D eigenvalue weighted by Crippen LogP contribution is -1.91. The molecule has 0 bridgehead atoms. The van der Waals surface area contributed by atoms with E-state index in [9.17, 15) is 0 Å². The van der Waals surface area contributed by atoms with Gasteiger partial charge in [0.05, 0.1) is 5.69 Å². The Balaban J connectivity index is 2.27. The summed E-state index contributed by atoms with van der Waals surface area (Å²) in [6.07, 6.45) is 7.30. The van der Waals surface area contributed by atoms with E-state index >= 15 is 0 Å². The molecule has 1 aromatic heterocycles. The molecule has 3 heteroatoms. The molecule has 0 amide bonds. The highest BCUT2D eigenvalue weighted by Gasteiger charge is 2.15. The van der Waals surface area contributed by atoms with E-state index in [1.165, 1.54) is 25.7 Å². The second kappa shape index (κ2) is 6.95. The number of nitrogens with zero attached hydrogens (tertiary/aromatic N) is 1. The van der Waals surface area contributed by atoms with Crippen molar-refractivity contribution in [1.82, 2.24) is 4.98 Å². The summed E-state index contributed by atoms with van der Waals surface area (Å²) in [6, 6.07) is 0. The van der Waals surface area contributed by atoms with E-state index in [4.69, 9.17) is 16.0 Å². The molecule has 16 heavy (non-hydrogen) atoms. The van der Waals surface area contributed by atoms with Crippen molar-refractivity contribution in [1.29, 1.82) is 0 Å². The van der Waals surface area contributed by atoms with Crippen LogP contribution in [-0.4, -0.2) is 4.98 Å². The minimum absolute atomic E-state index is 0.0611. The van der Waals surface area contributed by atoms with Crippen LogP contribution >= 0.6 is 11.6 Å². The first-order valence-electron chi connectivity index (χ1n) is 6.23. The average molecular weight is 244 g/mol. The molecule has 1 heterocycles.